The van der Waals surface area contributed by atoms with E-state index in [0.29, 0.717) is 17.0 Å². The molecule has 2 heterocycles. The van der Waals surface area contributed by atoms with Crippen molar-refractivity contribution in [2.75, 3.05) is 11.9 Å². The molecular weight excluding hydrogens is 378 g/mol. The van der Waals surface area contributed by atoms with Gasteiger partial charge in [-0.3, -0.25) is 4.79 Å². The van der Waals surface area contributed by atoms with E-state index < -0.39 is 0 Å². The number of aryl methyl sites for hydroxylation is 1. The number of amides is 1. The minimum atomic E-state index is -0.289. The Kier molecular flexibility index (Phi) is 6.04. The van der Waals surface area contributed by atoms with E-state index >= 15 is 0 Å². The summed E-state index contributed by atoms with van der Waals surface area (Å²) in [6.45, 7) is 0.774. The van der Waals surface area contributed by atoms with E-state index in [0.717, 1.165) is 43.0 Å². The Bertz CT molecular complexity index is 1070. The Balaban J connectivity index is 1.39. The van der Waals surface area contributed by atoms with Gasteiger partial charge in [-0.15, -0.1) is 10.2 Å². The fourth-order valence-electron chi connectivity index (χ4n) is 3.60. The van der Waals surface area contributed by atoms with Crippen LogP contribution in [0.2, 0.25) is 0 Å². The molecule has 4 rings (SSSR count). The summed E-state index contributed by atoms with van der Waals surface area (Å²) in [6, 6.07) is 16.5. The van der Waals surface area contributed by atoms with Gasteiger partial charge in [0.25, 0.3) is 5.91 Å². The topological polar surface area (TPSA) is 92.8 Å². The molecule has 0 saturated carbocycles. The van der Waals surface area contributed by atoms with Gasteiger partial charge in [0.15, 0.2) is 12.4 Å². The van der Waals surface area contributed by atoms with Crippen molar-refractivity contribution in [3.05, 3.63) is 59.9 Å². The van der Waals surface area contributed by atoms with Crippen LogP contribution in [0.3, 0.4) is 0 Å². The highest BCUT2D eigenvalue weighted by Crippen LogP contribution is 2.24. The predicted molar refractivity (Wildman–Crippen MR) is 113 cm³/mol. The largest absolute Gasteiger partial charge is 0.482 e. The van der Waals surface area contributed by atoms with Crippen molar-refractivity contribution < 1.29 is 9.53 Å². The fraction of sp³-hybridized carbons (Fsp3) is 0.304. The maximum Gasteiger partial charge on any atom is 0.262 e. The van der Waals surface area contributed by atoms with Gasteiger partial charge >= 0.3 is 0 Å². The van der Waals surface area contributed by atoms with Crippen molar-refractivity contribution in [1.82, 2.24) is 14.8 Å². The van der Waals surface area contributed by atoms with Crippen LogP contribution < -0.4 is 10.1 Å². The number of carbonyl (C=O) groups excluding carboxylic acids is 1. The van der Waals surface area contributed by atoms with E-state index in [9.17, 15) is 4.79 Å². The van der Waals surface area contributed by atoms with Crippen molar-refractivity contribution in [3.63, 3.8) is 0 Å². The lowest BCUT2D eigenvalue weighted by Gasteiger charge is -2.13. The molecule has 1 aliphatic heterocycles. The van der Waals surface area contributed by atoms with E-state index in [1.807, 2.05) is 30.3 Å². The van der Waals surface area contributed by atoms with Gasteiger partial charge < -0.3 is 14.6 Å². The molecule has 0 unspecified atom stereocenters. The van der Waals surface area contributed by atoms with Gasteiger partial charge in [0.2, 0.25) is 0 Å². The van der Waals surface area contributed by atoms with Crippen LogP contribution in [0.1, 0.15) is 37.1 Å². The number of benzene rings is 2. The van der Waals surface area contributed by atoms with E-state index in [1.165, 1.54) is 12.8 Å². The van der Waals surface area contributed by atoms with Crippen molar-refractivity contribution in [2.24, 2.45) is 0 Å². The summed E-state index contributed by atoms with van der Waals surface area (Å²) in [7, 11) is 0. The normalized spacial score (nSPS) is 13.4. The second-order valence-electron chi connectivity index (χ2n) is 7.28. The molecule has 0 bridgehead atoms. The third kappa shape index (κ3) is 4.49. The third-order valence-electron chi connectivity index (χ3n) is 5.15. The molecule has 0 atom stereocenters. The van der Waals surface area contributed by atoms with E-state index in [-0.39, 0.29) is 12.5 Å². The van der Waals surface area contributed by atoms with Crippen LogP contribution in [0.4, 0.5) is 5.69 Å². The number of hydrogen-bond acceptors (Lipinski definition) is 5. The number of carbonyl (C=O) groups is 1. The van der Waals surface area contributed by atoms with Crippen molar-refractivity contribution >= 4 is 11.6 Å². The first-order chi connectivity index (χ1) is 14.7. The first-order valence-corrected chi connectivity index (χ1v) is 10.2. The number of ether oxygens (including phenoxy) is 1. The number of nitrogens with one attached hydrogen (secondary N) is 1. The first kappa shape index (κ1) is 19.6. The van der Waals surface area contributed by atoms with Crippen LogP contribution in [0.5, 0.6) is 5.75 Å². The minimum Gasteiger partial charge on any atom is -0.482 e. The quantitative estimate of drug-likeness (QED) is 0.699. The Hall–Kier alpha value is -3.66. The lowest BCUT2D eigenvalue weighted by Crippen LogP contribution is -2.20. The monoisotopic (exact) mass is 401 g/mol. The summed E-state index contributed by atoms with van der Waals surface area (Å²) in [5, 5.41) is 20.7. The minimum absolute atomic E-state index is 0.169. The molecule has 0 fully saturated rings. The van der Waals surface area contributed by atoms with Crippen LogP contribution in [-0.4, -0.2) is 27.3 Å². The number of para-hydroxylation sites is 1. The van der Waals surface area contributed by atoms with Crippen LogP contribution in [-0.2, 0) is 17.8 Å². The average molecular weight is 401 g/mol. The molecule has 30 heavy (non-hydrogen) atoms. The molecule has 1 N–H and O–H groups in total. The van der Waals surface area contributed by atoms with Gasteiger partial charge in [-0.1, -0.05) is 25.0 Å². The van der Waals surface area contributed by atoms with Crippen molar-refractivity contribution in [1.29, 1.82) is 5.26 Å². The average Bonchev–Trinajstić information content (AvgIpc) is 3.14. The Morgan fingerprint density at radius 1 is 1.07 bits per heavy atom. The number of anilines is 1. The lowest BCUT2D eigenvalue weighted by molar-refractivity contribution is -0.118. The van der Waals surface area contributed by atoms with Gasteiger partial charge in [-0.2, -0.15) is 5.26 Å². The number of fused-ring (bicyclic) bond motifs is 1. The molecule has 3 aromatic rings. The highest BCUT2D eigenvalue weighted by Gasteiger charge is 2.15. The summed E-state index contributed by atoms with van der Waals surface area (Å²) in [5.74, 6) is 2.04. The van der Waals surface area contributed by atoms with Crippen LogP contribution >= 0.6 is 0 Å². The van der Waals surface area contributed by atoms with E-state index in [2.05, 4.69) is 20.1 Å². The molecule has 1 amide bonds. The molecule has 7 nitrogen and oxygen atoms in total. The van der Waals surface area contributed by atoms with Gasteiger partial charge in [0.1, 0.15) is 17.6 Å². The smallest absolute Gasteiger partial charge is 0.262 e. The van der Waals surface area contributed by atoms with Gasteiger partial charge in [0.05, 0.1) is 5.56 Å². The van der Waals surface area contributed by atoms with Gasteiger partial charge in [-0.05, 0) is 49.2 Å². The summed E-state index contributed by atoms with van der Waals surface area (Å²) in [4.78, 5) is 12.2. The second-order valence-corrected chi connectivity index (χ2v) is 7.28. The summed E-state index contributed by atoms with van der Waals surface area (Å²) in [5.41, 5.74) is 2.05. The summed E-state index contributed by atoms with van der Waals surface area (Å²) in [6.07, 6.45) is 5.76. The van der Waals surface area contributed by atoms with E-state index in [4.69, 9.17) is 10.00 Å². The van der Waals surface area contributed by atoms with Crippen molar-refractivity contribution in [2.45, 2.75) is 38.6 Å². The van der Waals surface area contributed by atoms with Gasteiger partial charge in [0, 0.05) is 24.2 Å². The zero-order chi connectivity index (χ0) is 20.8. The number of rotatable bonds is 5. The summed E-state index contributed by atoms with van der Waals surface area (Å²) >= 11 is 0. The summed E-state index contributed by atoms with van der Waals surface area (Å²) < 4.78 is 7.69. The zero-order valence-electron chi connectivity index (χ0n) is 16.7. The molecule has 0 radical (unpaired) electrons. The maximum absolute atomic E-state index is 12.2. The Morgan fingerprint density at radius 3 is 2.70 bits per heavy atom. The number of hydrogen-bond donors (Lipinski definition) is 1. The predicted octanol–water partition coefficient (Wildman–Crippen LogP) is 3.95. The molecule has 152 valence electrons. The Morgan fingerprint density at radius 2 is 1.87 bits per heavy atom. The van der Waals surface area contributed by atoms with E-state index in [1.54, 1.807) is 24.3 Å². The van der Waals surface area contributed by atoms with Crippen LogP contribution in [0.15, 0.2) is 48.5 Å². The molecule has 1 aliphatic rings. The molecule has 0 spiro atoms. The molecular formula is C23H23N5O2. The number of aromatic nitrogens is 3. The molecule has 0 saturated heterocycles. The number of nitriles is 1. The Labute approximate surface area is 175 Å². The third-order valence-corrected chi connectivity index (χ3v) is 5.15. The number of nitrogens with zero attached hydrogens (tertiary/aromatic N) is 4. The zero-order valence-corrected chi connectivity index (χ0v) is 16.7. The molecule has 0 aliphatic carbocycles. The SMILES string of the molecule is N#Cc1ccccc1OCC(=O)Nc1ccc(-c2nnc3n2CCCCCC3)cc1. The van der Waals surface area contributed by atoms with Crippen LogP contribution in [0, 0.1) is 11.3 Å². The second kappa shape index (κ2) is 9.23. The molecule has 1 aromatic heterocycles. The highest BCUT2D eigenvalue weighted by atomic mass is 16.5. The van der Waals surface area contributed by atoms with Gasteiger partial charge in [-0.25, -0.2) is 0 Å². The standard InChI is InChI=1S/C23H23N5O2/c24-15-18-7-4-5-8-20(18)30-16-22(29)25-19-12-10-17(11-13-19)23-27-26-21-9-3-1-2-6-14-28(21)23/h4-5,7-8,10-13H,1-3,6,9,14,16H2,(H,25,29). The molecule has 7 heteroatoms. The highest BCUT2D eigenvalue weighted by molar-refractivity contribution is 5.92. The first-order valence-electron chi connectivity index (χ1n) is 10.2. The van der Waals surface area contributed by atoms with Crippen LogP contribution in [0.25, 0.3) is 11.4 Å². The lowest BCUT2D eigenvalue weighted by atomic mass is 10.1. The molecule has 2 aromatic carbocycles. The fourth-order valence-corrected chi connectivity index (χ4v) is 3.60. The maximum atomic E-state index is 12.2. The van der Waals surface area contributed by atoms with Crippen molar-refractivity contribution in [3.8, 4) is 23.2 Å².